The fraction of sp³-hybridized carbons (Fsp3) is 0.400. The van der Waals surface area contributed by atoms with Crippen molar-refractivity contribution >= 4 is 0 Å². The molecule has 1 aliphatic rings. The summed E-state index contributed by atoms with van der Waals surface area (Å²) in [5.41, 5.74) is 6.75. The molecule has 0 radical (unpaired) electrons. The van der Waals surface area contributed by atoms with E-state index >= 15 is 0 Å². The molecule has 0 saturated heterocycles. The first-order valence-electron chi connectivity index (χ1n) is 4.54. The molecule has 0 unspecified atom stereocenters. The van der Waals surface area contributed by atoms with Crippen molar-refractivity contribution in [1.82, 2.24) is 0 Å². The molecule has 1 aromatic carbocycles. The highest BCUT2D eigenvalue weighted by molar-refractivity contribution is 5.45. The molecule has 0 saturated carbocycles. The lowest BCUT2D eigenvalue weighted by molar-refractivity contribution is 0.239. The summed E-state index contributed by atoms with van der Waals surface area (Å²) >= 11 is 0. The molecule has 1 aromatic rings. The van der Waals surface area contributed by atoms with Crippen LogP contribution in [0.1, 0.15) is 23.6 Å². The minimum absolute atomic E-state index is 0.157. The molecule has 4 heteroatoms. The molecule has 1 heterocycles. The van der Waals surface area contributed by atoms with Gasteiger partial charge >= 0.3 is 0 Å². The van der Waals surface area contributed by atoms with E-state index in [0.717, 1.165) is 0 Å². The summed E-state index contributed by atoms with van der Waals surface area (Å²) in [6, 6.07) is 2.51. The van der Waals surface area contributed by atoms with Gasteiger partial charge in [0.1, 0.15) is 11.6 Å². The Balaban J connectivity index is 2.57. The van der Waals surface area contributed by atoms with Crippen LogP contribution in [0, 0.1) is 5.82 Å². The molecule has 0 aliphatic carbocycles. The van der Waals surface area contributed by atoms with E-state index in [0.29, 0.717) is 29.9 Å². The maximum Gasteiger partial charge on any atom is 0.132 e. The number of benzene rings is 1. The molecule has 76 valence electrons. The predicted molar refractivity (Wildman–Crippen MR) is 49.4 cm³/mol. The van der Waals surface area contributed by atoms with Gasteiger partial charge in [-0.3, -0.25) is 0 Å². The van der Waals surface area contributed by atoms with Gasteiger partial charge in [-0.2, -0.15) is 0 Å². The highest BCUT2D eigenvalue weighted by atomic mass is 19.1. The van der Waals surface area contributed by atoms with Crippen molar-refractivity contribution in [3.05, 3.63) is 29.1 Å². The highest BCUT2D eigenvalue weighted by Gasteiger charge is 2.24. The van der Waals surface area contributed by atoms with Gasteiger partial charge in [0, 0.05) is 23.6 Å². The molecule has 1 aliphatic heterocycles. The first-order valence-corrected chi connectivity index (χ1v) is 4.54. The standard InChI is InChI=1S/C10H12FNO2/c11-7-2-1-6(5-13)10-9(7)8(12)3-4-14-10/h1-2,8,13H,3-5,12H2/t8-/m1/s1. The lowest BCUT2D eigenvalue weighted by atomic mass is 9.98. The molecule has 1 atom stereocenters. The lowest BCUT2D eigenvalue weighted by Crippen LogP contribution is -2.23. The van der Waals surface area contributed by atoms with Gasteiger partial charge in [0.2, 0.25) is 0 Å². The maximum atomic E-state index is 13.4. The lowest BCUT2D eigenvalue weighted by Gasteiger charge is -2.25. The number of fused-ring (bicyclic) bond motifs is 1. The number of aliphatic hydroxyl groups is 1. The van der Waals surface area contributed by atoms with Crippen LogP contribution in [0.2, 0.25) is 0 Å². The number of aliphatic hydroxyl groups excluding tert-OH is 1. The fourth-order valence-electron chi connectivity index (χ4n) is 1.69. The average Bonchev–Trinajstić information content (AvgIpc) is 2.18. The van der Waals surface area contributed by atoms with Crippen LogP contribution in [0.5, 0.6) is 5.75 Å². The van der Waals surface area contributed by atoms with Crippen molar-refractivity contribution in [3.8, 4) is 5.75 Å². The Hall–Kier alpha value is -1.13. The van der Waals surface area contributed by atoms with Crippen molar-refractivity contribution in [2.24, 2.45) is 5.73 Å². The summed E-state index contributed by atoms with van der Waals surface area (Å²) in [5, 5.41) is 9.03. The Labute approximate surface area is 81.3 Å². The third-order valence-electron chi connectivity index (χ3n) is 2.44. The predicted octanol–water partition coefficient (Wildman–Crippen LogP) is 1.10. The fourth-order valence-corrected chi connectivity index (χ4v) is 1.69. The van der Waals surface area contributed by atoms with Gasteiger partial charge in [0.15, 0.2) is 0 Å². The molecule has 0 bridgehead atoms. The number of halogens is 1. The summed E-state index contributed by atoms with van der Waals surface area (Å²) in [6.07, 6.45) is 0.610. The van der Waals surface area contributed by atoms with Crippen LogP contribution in [0.4, 0.5) is 4.39 Å². The monoisotopic (exact) mass is 197 g/mol. The Morgan fingerprint density at radius 2 is 2.36 bits per heavy atom. The van der Waals surface area contributed by atoms with Gasteiger partial charge < -0.3 is 15.6 Å². The van der Waals surface area contributed by atoms with Crippen LogP contribution in [-0.2, 0) is 6.61 Å². The number of nitrogens with two attached hydrogens (primary N) is 1. The zero-order valence-electron chi connectivity index (χ0n) is 7.66. The summed E-state index contributed by atoms with van der Waals surface area (Å²) in [7, 11) is 0. The molecular formula is C10H12FNO2. The average molecular weight is 197 g/mol. The smallest absolute Gasteiger partial charge is 0.132 e. The van der Waals surface area contributed by atoms with Crippen LogP contribution >= 0.6 is 0 Å². The topological polar surface area (TPSA) is 55.5 Å². The molecular weight excluding hydrogens is 185 g/mol. The van der Waals surface area contributed by atoms with E-state index < -0.39 is 0 Å². The number of hydrogen-bond donors (Lipinski definition) is 2. The summed E-state index contributed by atoms with van der Waals surface area (Å²) < 4.78 is 18.7. The molecule has 3 nitrogen and oxygen atoms in total. The van der Waals surface area contributed by atoms with Gasteiger partial charge in [-0.15, -0.1) is 0 Å². The zero-order chi connectivity index (χ0) is 10.1. The third kappa shape index (κ3) is 1.36. The first-order chi connectivity index (χ1) is 6.74. The van der Waals surface area contributed by atoms with E-state index in [4.69, 9.17) is 15.6 Å². The Morgan fingerprint density at radius 1 is 1.57 bits per heavy atom. The van der Waals surface area contributed by atoms with Crippen molar-refractivity contribution in [1.29, 1.82) is 0 Å². The van der Waals surface area contributed by atoms with Gasteiger partial charge in [0.25, 0.3) is 0 Å². The van der Waals surface area contributed by atoms with Gasteiger partial charge in [-0.1, -0.05) is 6.07 Å². The van der Waals surface area contributed by atoms with Gasteiger partial charge in [0.05, 0.1) is 13.2 Å². The van der Waals surface area contributed by atoms with Crippen molar-refractivity contribution in [3.63, 3.8) is 0 Å². The van der Waals surface area contributed by atoms with E-state index in [-0.39, 0.29) is 18.5 Å². The zero-order valence-corrected chi connectivity index (χ0v) is 7.66. The molecule has 14 heavy (non-hydrogen) atoms. The van der Waals surface area contributed by atoms with Crippen LogP contribution in [0.3, 0.4) is 0 Å². The van der Waals surface area contributed by atoms with Crippen molar-refractivity contribution in [2.45, 2.75) is 19.1 Å². The molecule has 0 fully saturated rings. The summed E-state index contributed by atoms with van der Waals surface area (Å²) in [6.45, 7) is 0.319. The maximum absolute atomic E-state index is 13.4. The van der Waals surface area contributed by atoms with Crippen LogP contribution < -0.4 is 10.5 Å². The normalized spacial score (nSPS) is 20.1. The van der Waals surface area contributed by atoms with Crippen molar-refractivity contribution < 1.29 is 14.2 Å². The Morgan fingerprint density at radius 3 is 3.07 bits per heavy atom. The first kappa shape index (κ1) is 9.43. The molecule has 3 N–H and O–H groups in total. The quantitative estimate of drug-likeness (QED) is 0.708. The second-order valence-electron chi connectivity index (χ2n) is 3.35. The molecule has 0 aromatic heterocycles. The minimum Gasteiger partial charge on any atom is -0.493 e. The van der Waals surface area contributed by atoms with Crippen LogP contribution in [-0.4, -0.2) is 11.7 Å². The minimum atomic E-state index is -0.357. The van der Waals surface area contributed by atoms with Crippen LogP contribution in [0.15, 0.2) is 12.1 Å². The molecule has 2 rings (SSSR count). The second kappa shape index (κ2) is 3.55. The van der Waals surface area contributed by atoms with E-state index in [2.05, 4.69) is 0 Å². The number of ether oxygens (including phenoxy) is 1. The van der Waals surface area contributed by atoms with Gasteiger partial charge in [-0.05, 0) is 6.07 Å². The molecule has 0 amide bonds. The Bertz CT molecular complexity index is 354. The highest BCUT2D eigenvalue weighted by Crippen LogP contribution is 2.35. The second-order valence-corrected chi connectivity index (χ2v) is 3.35. The van der Waals surface area contributed by atoms with E-state index in [1.54, 1.807) is 0 Å². The number of hydrogen-bond acceptors (Lipinski definition) is 3. The van der Waals surface area contributed by atoms with E-state index in [9.17, 15) is 4.39 Å². The Kier molecular flexibility index (Phi) is 2.39. The summed E-state index contributed by atoms with van der Waals surface area (Å²) in [5.74, 6) is 0.0654. The summed E-state index contributed by atoms with van der Waals surface area (Å²) in [4.78, 5) is 0. The van der Waals surface area contributed by atoms with Crippen LogP contribution in [0.25, 0.3) is 0 Å². The largest absolute Gasteiger partial charge is 0.493 e. The van der Waals surface area contributed by atoms with Gasteiger partial charge in [-0.25, -0.2) is 4.39 Å². The van der Waals surface area contributed by atoms with E-state index in [1.165, 1.54) is 12.1 Å². The van der Waals surface area contributed by atoms with E-state index in [1.807, 2.05) is 0 Å². The molecule has 0 spiro atoms. The van der Waals surface area contributed by atoms with Crippen molar-refractivity contribution in [2.75, 3.05) is 6.61 Å². The SMILES string of the molecule is N[C@@H]1CCOc2c(CO)ccc(F)c21. The number of rotatable bonds is 1. The third-order valence-corrected chi connectivity index (χ3v) is 2.44.